The molecule has 1 aliphatic carbocycles. The fourth-order valence-electron chi connectivity index (χ4n) is 1.90. The Labute approximate surface area is 80.3 Å². The highest BCUT2D eigenvalue weighted by molar-refractivity contribution is 5.31. The van der Waals surface area contributed by atoms with Crippen LogP contribution in [0.25, 0.3) is 0 Å². The van der Waals surface area contributed by atoms with Gasteiger partial charge in [-0.05, 0) is 38.2 Å². The number of benzene rings is 1. The lowest BCUT2D eigenvalue weighted by Crippen LogP contribution is -2.13. The highest BCUT2D eigenvalue weighted by atomic mass is 14.3. The maximum absolute atomic E-state index is 2.24. The summed E-state index contributed by atoms with van der Waals surface area (Å²) >= 11 is 0. The molecule has 1 aliphatic rings. The SMILES string of the molecule is CC(C)=C1CC(c2ccccc2)C1. The monoisotopic (exact) mass is 172 g/mol. The van der Waals surface area contributed by atoms with Crippen LogP contribution in [0.1, 0.15) is 38.2 Å². The summed E-state index contributed by atoms with van der Waals surface area (Å²) in [7, 11) is 0. The first kappa shape index (κ1) is 8.55. The van der Waals surface area contributed by atoms with Crippen LogP contribution in [0.4, 0.5) is 0 Å². The van der Waals surface area contributed by atoms with Gasteiger partial charge in [-0.25, -0.2) is 0 Å². The van der Waals surface area contributed by atoms with Crippen LogP contribution in [-0.4, -0.2) is 0 Å². The third-order valence-electron chi connectivity index (χ3n) is 2.96. The van der Waals surface area contributed by atoms with Crippen molar-refractivity contribution in [3.05, 3.63) is 47.0 Å². The highest BCUT2D eigenvalue weighted by Gasteiger charge is 2.24. The van der Waals surface area contributed by atoms with Crippen LogP contribution in [0.2, 0.25) is 0 Å². The Morgan fingerprint density at radius 1 is 1.08 bits per heavy atom. The number of allylic oxidation sites excluding steroid dienone is 2. The standard InChI is InChI=1S/C13H16/c1-10(2)12-8-13(9-12)11-6-4-3-5-7-11/h3-7,13H,8-9H2,1-2H3. The summed E-state index contributed by atoms with van der Waals surface area (Å²) in [6.07, 6.45) is 2.57. The van der Waals surface area contributed by atoms with Crippen LogP contribution in [0.5, 0.6) is 0 Å². The molecule has 1 saturated carbocycles. The molecular weight excluding hydrogens is 156 g/mol. The quantitative estimate of drug-likeness (QED) is 0.563. The van der Waals surface area contributed by atoms with Gasteiger partial charge in [-0.3, -0.25) is 0 Å². The van der Waals surface area contributed by atoms with E-state index >= 15 is 0 Å². The second-order valence-electron chi connectivity index (χ2n) is 4.12. The molecule has 0 aromatic heterocycles. The Morgan fingerprint density at radius 2 is 1.69 bits per heavy atom. The van der Waals surface area contributed by atoms with Crippen molar-refractivity contribution < 1.29 is 0 Å². The molecule has 0 radical (unpaired) electrons. The lowest BCUT2D eigenvalue weighted by atomic mass is 9.74. The van der Waals surface area contributed by atoms with Crippen molar-refractivity contribution >= 4 is 0 Å². The molecule has 1 aromatic rings. The van der Waals surface area contributed by atoms with E-state index in [4.69, 9.17) is 0 Å². The second-order valence-corrected chi connectivity index (χ2v) is 4.12. The largest absolute Gasteiger partial charge is 0.0772 e. The minimum atomic E-state index is 0.797. The van der Waals surface area contributed by atoms with E-state index < -0.39 is 0 Å². The van der Waals surface area contributed by atoms with Crippen molar-refractivity contribution in [1.29, 1.82) is 0 Å². The van der Waals surface area contributed by atoms with E-state index in [0.29, 0.717) is 0 Å². The maximum Gasteiger partial charge on any atom is -0.00873 e. The number of rotatable bonds is 1. The molecule has 0 bridgehead atoms. The lowest BCUT2D eigenvalue weighted by molar-refractivity contribution is 0.542. The van der Waals surface area contributed by atoms with Gasteiger partial charge in [0, 0.05) is 0 Å². The zero-order valence-electron chi connectivity index (χ0n) is 8.38. The minimum absolute atomic E-state index is 0.797. The zero-order valence-corrected chi connectivity index (χ0v) is 8.38. The molecule has 0 unspecified atom stereocenters. The van der Waals surface area contributed by atoms with Crippen molar-refractivity contribution in [1.82, 2.24) is 0 Å². The van der Waals surface area contributed by atoms with Crippen LogP contribution in [0.3, 0.4) is 0 Å². The van der Waals surface area contributed by atoms with Crippen molar-refractivity contribution in [3.8, 4) is 0 Å². The predicted molar refractivity (Wildman–Crippen MR) is 56.8 cm³/mol. The van der Waals surface area contributed by atoms with E-state index in [1.165, 1.54) is 24.0 Å². The Bertz CT molecular complexity index is 307. The molecule has 0 N–H and O–H groups in total. The van der Waals surface area contributed by atoms with Gasteiger partial charge >= 0.3 is 0 Å². The van der Waals surface area contributed by atoms with Crippen LogP contribution in [-0.2, 0) is 0 Å². The van der Waals surface area contributed by atoms with Gasteiger partial charge in [0.05, 0.1) is 0 Å². The summed E-state index contributed by atoms with van der Waals surface area (Å²) in [6, 6.07) is 10.8. The molecule has 2 rings (SSSR count). The number of hydrogen-bond acceptors (Lipinski definition) is 0. The molecule has 0 nitrogen and oxygen atoms in total. The molecule has 0 heterocycles. The van der Waals surface area contributed by atoms with Gasteiger partial charge in [0.25, 0.3) is 0 Å². The van der Waals surface area contributed by atoms with Crippen molar-refractivity contribution in [2.45, 2.75) is 32.6 Å². The lowest BCUT2D eigenvalue weighted by Gasteiger charge is -2.31. The fraction of sp³-hybridized carbons (Fsp3) is 0.385. The summed E-state index contributed by atoms with van der Waals surface area (Å²) < 4.78 is 0. The maximum atomic E-state index is 2.24. The van der Waals surface area contributed by atoms with Crippen molar-refractivity contribution in [3.63, 3.8) is 0 Å². The second kappa shape index (κ2) is 3.37. The topological polar surface area (TPSA) is 0 Å². The first-order chi connectivity index (χ1) is 6.27. The van der Waals surface area contributed by atoms with E-state index in [1.807, 2.05) is 0 Å². The average Bonchev–Trinajstić information content (AvgIpc) is 2.02. The van der Waals surface area contributed by atoms with Gasteiger partial charge in [-0.1, -0.05) is 41.5 Å². The van der Waals surface area contributed by atoms with E-state index in [9.17, 15) is 0 Å². The first-order valence-corrected chi connectivity index (χ1v) is 4.97. The summed E-state index contributed by atoms with van der Waals surface area (Å²) in [6.45, 7) is 4.44. The van der Waals surface area contributed by atoms with Crippen LogP contribution in [0, 0.1) is 0 Å². The molecule has 0 atom stereocenters. The normalized spacial score (nSPS) is 21.1. The summed E-state index contributed by atoms with van der Waals surface area (Å²) in [5.74, 6) is 0.797. The van der Waals surface area contributed by atoms with Crippen molar-refractivity contribution in [2.75, 3.05) is 0 Å². The molecule has 13 heavy (non-hydrogen) atoms. The first-order valence-electron chi connectivity index (χ1n) is 4.97. The van der Waals surface area contributed by atoms with Gasteiger partial charge in [-0.15, -0.1) is 0 Å². The molecule has 68 valence electrons. The van der Waals surface area contributed by atoms with E-state index in [-0.39, 0.29) is 0 Å². The van der Waals surface area contributed by atoms with Crippen molar-refractivity contribution in [2.24, 2.45) is 0 Å². The number of hydrogen-bond donors (Lipinski definition) is 0. The van der Waals surface area contributed by atoms with Gasteiger partial charge < -0.3 is 0 Å². The zero-order chi connectivity index (χ0) is 9.26. The Hall–Kier alpha value is -1.04. The van der Waals surface area contributed by atoms with Gasteiger partial charge in [0.1, 0.15) is 0 Å². The third kappa shape index (κ3) is 1.67. The Morgan fingerprint density at radius 3 is 2.23 bits per heavy atom. The molecule has 0 amide bonds. The Balaban J connectivity index is 2.06. The van der Waals surface area contributed by atoms with Crippen LogP contribution in [0.15, 0.2) is 41.5 Å². The molecule has 1 aromatic carbocycles. The summed E-state index contributed by atoms with van der Waals surface area (Å²) in [5, 5.41) is 0. The van der Waals surface area contributed by atoms with E-state index in [2.05, 4.69) is 44.2 Å². The summed E-state index contributed by atoms with van der Waals surface area (Å²) in [5.41, 5.74) is 4.69. The third-order valence-corrected chi connectivity index (χ3v) is 2.96. The van der Waals surface area contributed by atoms with Gasteiger partial charge in [-0.2, -0.15) is 0 Å². The van der Waals surface area contributed by atoms with E-state index in [1.54, 1.807) is 5.57 Å². The predicted octanol–water partition coefficient (Wildman–Crippen LogP) is 3.90. The molecule has 0 heteroatoms. The molecule has 0 spiro atoms. The molecule has 0 aliphatic heterocycles. The smallest absolute Gasteiger partial charge is 0.00873 e. The Kier molecular flexibility index (Phi) is 2.22. The van der Waals surface area contributed by atoms with Gasteiger partial charge in [0.2, 0.25) is 0 Å². The molecular formula is C13H16. The van der Waals surface area contributed by atoms with Crippen LogP contribution < -0.4 is 0 Å². The highest BCUT2D eigenvalue weighted by Crippen LogP contribution is 2.42. The minimum Gasteiger partial charge on any atom is -0.0772 e. The summed E-state index contributed by atoms with van der Waals surface area (Å²) in [4.78, 5) is 0. The van der Waals surface area contributed by atoms with Crippen LogP contribution >= 0.6 is 0 Å². The fourth-order valence-corrected chi connectivity index (χ4v) is 1.90. The molecule has 1 fully saturated rings. The molecule has 0 saturated heterocycles. The van der Waals surface area contributed by atoms with Gasteiger partial charge in [0.15, 0.2) is 0 Å². The average molecular weight is 172 g/mol. The van der Waals surface area contributed by atoms with E-state index in [0.717, 1.165) is 5.92 Å².